The van der Waals surface area contributed by atoms with E-state index in [9.17, 15) is 9.59 Å². The van der Waals surface area contributed by atoms with Crippen molar-refractivity contribution in [2.24, 2.45) is 5.92 Å². The third-order valence-electron chi connectivity index (χ3n) is 6.87. The number of benzene rings is 1. The third kappa shape index (κ3) is 4.89. The molecular weight excluding hydrogens is 410 g/mol. The molecule has 0 radical (unpaired) electrons. The highest BCUT2D eigenvalue weighted by Crippen LogP contribution is 2.34. The van der Waals surface area contributed by atoms with Gasteiger partial charge >= 0.3 is 12.1 Å². The maximum Gasteiger partial charge on any atom is 0.410 e. The summed E-state index contributed by atoms with van der Waals surface area (Å²) in [5.74, 6) is 1.69. The Bertz CT molecular complexity index is 816. The molecule has 8 heteroatoms. The van der Waals surface area contributed by atoms with Crippen molar-refractivity contribution >= 4 is 17.8 Å². The van der Waals surface area contributed by atoms with Crippen LogP contribution in [0.15, 0.2) is 18.2 Å². The summed E-state index contributed by atoms with van der Waals surface area (Å²) >= 11 is 0. The number of cyclic esters (lactones) is 1. The van der Waals surface area contributed by atoms with Crippen molar-refractivity contribution < 1.29 is 23.8 Å². The normalized spacial score (nSPS) is 22.4. The Morgan fingerprint density at radius 2 is 1.84 bits per heavy atom. The summed E-state index contributed by atoms with van der Waals surface area (Å²) in [6.45, 7) is 5.89. The largest absolute Gasteiger partial charge is 0.493 e. The minimum absolute atomic E-state index is 0.116. The van der Waals surface area contributed by atoms with E-state index >= 15 is 0 Å². The standard InChI is InChI=1S/C24H35N3O5/c1-16(2)20-15-31-24(29)27(20)18-10-12-26(13-11-18)23(28)25-17-8-9-21(30-3)22(14-17)32-19-6-4-5-7-19/h8-9,14,16,18-20H,4-7,10-13,15H2,1-3H3,(H,25,28). The predicted octanol–water partition coefficient (Wildman–Crippen LogP) is 4.49. The molecule has 1 atom stereocenters. The number of ether oxygens (including phenoxy) is 3. The Hall–Kier alpha value is -2.64. The monoisotopic (exact) mass is 445 g/mol. The number of nitrogens with zero attached hydrogens (tertiary/aromatic N) is 2. The van der Waals surface area contributed by atoms with E-state index in [1.54, 1.807) is 7.11 Å². The first-order valence-corrected chi connectivity index (χ1v) is 11.8. The van der Waals surface area contributed by atoms with Crippen LogP contribution in [0.3, 0.4) is 0 Å². The van der Waals surface area contributed by atoms with Gasteiger partial charge in [-0.15, -0.1) is 0 Å². The van der Waals surface area contributed by atoms with E-state index in [0.29, 0.717) is 42.8 Å². The highest BCUT2D eigenvalue weighted by Gasteiger charge is 2.41. The number of amides is 3. The maximum absolute atomic E-state index is 12.9. The summed E-state index contributed by atoms with van der Waals surface area (Å²) < 4.78 is 16.9. The number of likely N-dealkylation sites (tertiary alicyclic amines) is 1. The van der Waals surface area contributed by atoms with Crippen LogP contribution in [0, 0.1) is 5.92 Å². The number of carbonyl (C=O) groups is 2. The van der Waals surface area contributed by atoms with Crippen molar-refractivity contribution in [2.75, 3.05) is 32.1 Å². The van der Waals surface area contributed by atoms with Gasteiger partial charge in [-0.2, -0.15) is 0 Å². The van der Waals surface area contributed by atoms with E-state index < -0.39 is 0 Å². The van der Waals surface area contributed by atoms with Crippen molar-refractivity contribution in [3.8, 4) is 11.5 Å². The second-order valence-electron chi connectivity index (χ2n) is 9.33. The van der Waals surface area contributed by atoms with Crippen LogP contribution in [0.25, 0.3) is 0 Å². The molecule has 3 amide bonds. The first kappa shape index (κ1) is 22.6. The minimum atomic E-state index is -0.223. The number of methoxy groups -OCH3 is 1. The van der Waals surface area contributed by atoms with E-state index in [2.05, 4.69) is 19.2 Å². The summed E-state index contributed by atoms with van der Waals surface area (Å²) in [7, 11) is 1.62. The summed E-state index contributed by atoms with van der Waals surface area (Å²) in [5, 5.41) is 2.99. The molecular formula is C24H35N3O5. The van der Waals surface area contributed by atoms with Crippen LogP contribution in [0.4, 0.5) is 15.3 Å². The van der Waals surface area contributed by atoms with Crippen LogP contribution in [0.1, 0.15) is 52.4 Å². The van der Waals surface area contributed by atoms with Crippen LogP contribution in [0.2, 0.25) is 0 Å². The summed E-state index contributed by atoms with van der Waals surface area (Å²) in [6.07, 6.45) is 5.97. The van der Waals surface area contributed by atoms with Gasteiger partial charge in [0, 0.05) is 30.9 Å². The van der Waals surface area contributed by atoms with Gasteiger partial charge in [0.15, 0.2) is 11.5 Å². The van der Waals surface area contributed by atoms with Gasteiger partial charge in [0.05, 0.1) is 19.3 Å². The van der Waals surface area contributed by atoms with Crippen molar-refractivity contribution in [1.29, 1.82) is 0 Å². The lowest BCUT2D eigenvalue weighted by Crippen LogP contribution is -2.51. The van der Waals surface area contributed by atoms with Gasteiger partial charge in [-0.1, -0.05) is 13.8 Å². The van der Waals surface area contributed by atoms with Crippen LogP contribution >= 0.6 is 0 Å². The number of hydrogen-bond acceptors (Lipinski definition) is 5. The molecule has 0 spiro atoms. The Labute approximate surface area is 190 Å². The second-order valence-corrected chi connectivity index (χ2v) is 9.33. The summed E-state index contributed by atoms with van der Waals surface area (Å²) in [5.41, 5.74) is 0.689. The van der Waals surface area contributed by atoms with Crippen LogP contribution in [-0.4, -0.2) is 66.9 Å². The number of hydrogen-bond donors (Lipinski definition) is 1. The lowest BCUT2D eigenvalue weighted by Gasteiger charge is -2.38. The number of anilines is 1. The molecule has 1 unspecified atom stereocenters. The molecule has 1 N–H and O–H groups in total. The highest BCUT2D eigenvalue weighted by atomic mass is 16.6. The fourth-order valence-electron chi connectivity index (χ4n) is 4.96. The molecule has 32 heavy (non-hydrogen) atoms. The van der Waals surface area contributed by atoms with Gasteiger partial charge in [0.2, 0.25) is 0 Å². The number of urea groups is 1. The Kier molecular flexibility index (Phi) is 6.96. The molecule has 1 aromatic carbocycles. The van der Waals surface area contributed by atoms with Gasteiger partial charge in [0.25, 0.3) is 0 Å². The molecule has 4 rings (SSSR count). The van der Waals surface area contributed by atoms with Crippen molar-refractivity contribution in [2.45, 2.75) is 70.6 Å². The number of rotatable bonds is 6. The molecule has 1 saturated carbocycles. The van der Waals surface area contributed by atoms with E-state index in [1.807, 2.05) is 28.0 Å². The average molecular weight is 446 g/mol. The quantitative estimate of drug-likeness (QED) is 0.698. The molecule has 1 aliphatic carbocycles. The van der Waals surface area contributed by atoms with Crippen molar-refractivity contribution in [3.63, 3.8) is 0 Å². The SMILES string of the molecule is COc1ccc(NC(=O)N2CCC(N3C(=O)OCC3C(C)C)CC2)cc1OC1CCCC1. The van der Waals surface area contributed by atoms with Crippen LogP contribution < -0.4 is 14.8 Å². The van der Waals surface area contributed by atoms with Gasteiger partial charge in [0.1, 0.15) is 6.61 Å². The van der Waals surface area contributed by atoms with Gasteiger partial charge in [-0.25, -0.2) is 9.59 Å². The minimum Gasteiger partial charge on any atom is -0.493 e. The zero-order chi connectivity index (χ0) is 22.7. The number of carbonyl (C=O) groups excluding carboxylic acids is 2. The van der Waals surface area contributed by atoms with E-state index in [4.69, 9.17) is 14.2 Å². The highest BCUT2D eigenvalue weighted by molar-refractivity contribution is 5.89. The smallest absolute Gasteiger partial charge is 0.410 e. The average Bonchev–Trinajstić information content (AvgIpc) is 3.43. The molecule has 1 aromatic rings. The van der Waals surface area contributed by atoms with E-state index in [-0.39, 0.29) is 30.3 Å². The summed E-state index contributed by atoms with van der Waals surface area (Å²) in [4.78, 5) is 28.8. The second kappa shape index (κ2) is 9.88. The Balaban J connectivity index is 1.34. The van der Waals surface area contributed by atoms with Gasteiger partial charge in [-0.3, -0.25) is 4.90 Å². The van der Waals surface area contributed by atoms with Crippen molar-refractivity contribution in [3.05, 3.63) is 18.2 Å². The summed E-state index contributed by atoms with van der Waals surface area (Å²) in [6, 6.07) is 5.61. The topological polar surface area (TPSA) is 80.3 Å². The lowest BCUT2D eigenvalue weighted by molar-refractivity contribution is 0.108. The first-order chi connectivity index (χ1) is 15.5. The predicted molar refractivity (Wildman–Crippen MR) is 121 cm³/mol. The van der Waals surface area contributed by atoms with E-state index in [1.165, 1.54) is 12.8 Å². The van der Waals surface area contributed by atoms with Crippen molar-refractivity contribution in [1.82, 2.24) is 9.80 Å². The van der Waals surface area contributed by atoms with Gasteiger partial charge < -0.3 is 24.4 Å². The van der Waals surface area contributed by atoms with E-state index in [0.717, 1.165) is 25.7 Å². The van der Waals surface area contributed by atoms with Crippen LogP contribution in [0.5, 0.6) is 11.5 Å². The lowest BCUT2D eigenvalue weighted by atomic mass is 9.98. The Morgan fingerprint density at radius 3 is 2.50 bits per heavy atom. The van der Waals surface area contributed by atoms with Gasteiger partial charge in [-0.05, 0) is 56.6 Å². The molecule has 2 aliphatic heterocycles. The molecule has 2 saturated heterocycles. The molecule has 3 fully saturated rings. The number of nitrogens with one attached hydrogen (secondary N) is 1. The third-order valence-corrected chi connectivity index (χ3v) is 6.87. The molecule has 3 aliphatic rings. The molecule has 0 bridgehead atoms. The molecule has 176 valence electrons. The molecule has 8 nitrogen and oxygen atoms in total. The molecule has 0 aromatic heterocycles. The zero-order valence-corrected chi connectivity index (χ0v) is 19.3. The van der Waals surface area contributed by atoms with Crippen LogP contribution in [-0.2, 0) is 4.74 Å². The molecule has 2 heterocycles. The maximum atomic E-state index is 12.9. The zero-order valence-electron chi connectivity index (χ0n) is 19.3. The number of piperidine rings is 1. The fraction of sp³-hybridized carbons (Fsp3) is 0.667. The fourth-order valence-corrected chi connectivity index (χ4v) is 4.96. The Morgan fingerprint density at radius 1 is 1.12 bits per heavy atom. The first-order valence-electron chi connectivity index (χ1n) is 11.8.